The number of nitrogens with zero attached hydrogens (tertiary/aromatic N) is 1. The number of carbonyl (C=O) groups is 2. The van der Waals surface area contributed by atoms with Crippen LogP contribution in [0.1, 0.15) is 20.8 Å². The third-order valence-electron chi connectivity index (χ3n) is 4.88. The summed E-state index contributed by atoms with van der Waals surface area (Å²) < 4.78 is 11.3. The van der Waals surface area contributed by atoms with Gasteiger partial charge in [0.2, 0.25) is 0 Å². The second-order valence-corrected chi connectivity index (χ2v) is 6.90. The number of hydrogen-bond donors (Lipinski definition) is 2. The van der Waals surface area contributed by atoms with Crippen LogP contribution >= 0.6 is 0 Å². The van der Waals surface area contributed by atoms with E-state index < -0.39 is 0 Å². The van der Waals surface area contributed by atoms with Gasteiger partial charge in [-0.05, 0) is 35.7 Å². The molecule has 0 bridgehead atoms. The highest BCUT2D eigenvalue weighted by Crippen LogP contribution is 2.36. The van der Waals surface area contributed by atoms with Crippen LogP contribution in [0.25, 0.3) is 10.8 Å². The number of amides is 2. The summed E-state index contributed by atoms with van der Waals surface area (Å²) in [6.45, 7) is 0. The molecular formula is C25H21N3O4. The topological polar surface area (TPSA) is 89.6 Å². The molecule has 1 aromatic heterocycles. The number of hydrogen-bond acceptors (Lipinski definition) is 5. The fourth-order valence-corrected chi connectivity index (χ4v) is 3.27. The molecule has 2 amide bonds. The van der Waals surface area contributed by atoms with Crippen molar-refractivity contribution in [2.75, 3.05) is 19.5 Å². The van der Waals surface area contributed by atoms with Crippen molar-refractivity contribution in [2.45, 2.75) is 0 Å². The third-order valence-corrected chi connectivity index (χ3v) is 4.88. The Hall–Kier alpha value is -4.39. The first-order chi connectivity index (χ1) is 15.6. The molecule has 0 aliphatic heterocycles. The van der Waals surface area contributed by atoms with Gasteiger partial charge in [-0.25, -0.2) is 0 Å². The maximum Gasteiger partial charge on any atom is 0.269 e. The van der Waals surface area contributed by atoms with Gasteiger partial charge in [-0.1, -0.05) is 36.4 Å². The van der Waals surface area contributed by atoms with E-state index in [1.165, 1.54) is 13.2 Å². The minimum absolute atomic E-state index is 0.229. The van der Waals surface area contributed by atoms with Gasteiger partial charge in [0.15, 0.2) is 5.75 Å². The van der Waals surface area contributed by atoms with Crippen LogP contribution in [-0.4, -0.2) is 31.0 Å². The minimum atomic E-state index is -0.319. The molecule has 0 radical (unpaired) electrons. The number of aromatic nitrogens is 1. The summed E-state index contributed by atoms with van der Waals surface area (Å²) in [7, 11) is 3.09. The van der Waals surface area contributed by atoms with Gasteiger partial charge in [0, 0.05) is 30.3 Å². The molecule has 3 aromatic carbocycles. The molecule has 1 heterocycles. The maximum atomic E-state index is 13.0. The van der Waals surface area contributed by atoms with Crippen LogP contribution in [0.2, 0.25) is 0 Å². The molecular weight excluding hydrogens is 406 g/mol. The molecule has 2 N–H and O–H groups in total. The van der Waals surface area contributed by atoms with Gasteiger partial charge < -0.3 is 20.1 Å². The summed E-state index contributed by atoms with van der Waals surface area (Å²) >= 11 is 0. The number of ether oxygens (including phenoxy) is 2. The monoisotopic (exact) mass is 427 g/mol. The lowest BCUT2D eigenvalue weighted by molar-refractivity contribution is 0.0957. The molecule has 160 valence electrons. The van der Waals surface area contributed by atoms with Crippen LogP contribution < -0.4 is 20.1 Å². The Morgan fingerprint density at radius 2 is 1.72 bits per heavy atom. The lowest BCUT2D eigenvalue weighted by atomic mass is 10.1. The van der Waals surface area contributed by atoms with Gasteiger partial charge in [0.25, 0.3) is 11.8 Å². The summed E-state index contributed by atoms with van der Waals surface area (Å²) in [5, 5.41) is 7.28. The van der Waals surface area contributed by atoms with E-state index in [9.17, 15) is 9.59 Å². The van der Waals surface area contributed by atoms with E-state index in [1.54, 1.807) is 49.6 Å². The molecule has 0 unspecified atom stereocenters. The largest absolute Gasteiger partial charge is 0.497 e. The van der Waals surface area contributed by atoms with Crippen molar-refractivity contribution in [3.8, 4) is 17.2 Å². The number of fused-ring (bicyclic) bond motifs is 1. The minimum Gasteiger partial charge on any atom is -0.497 e. The SMILES string of the molecule is CNC(=O)c1cc(Oc2ccc3ccccc3c2NC(=O)c2cccc(OC)c2)ccn1. The number of rotatable bonds is 6. The number of nitrogens with one attached hydrogen (secondary N) is 2. The zero-order chi connectivity index (χ0) is 22.5. The predicted octanol–water partition coefficient (Wildman–Crippen LogP) is 4.65. The summed E-state index contributed by atoms with van der Waals surface area (Å²) in [6, 6.07) is 21.5. The summed E-state index contributed by atoms with van der Waals surface area (Å²) in [5.41, 5.74) is 1.20. The van der Waals surface area contributed by atoms with Crippen molar-refractivity contribution >= 4 is 28.3 Å². The number of carbonyl (C=O) groups excluding carboxylic acids is 2. The van der Waals surface area contributed by atoms with Gasteiger partial charge in [-0.3, -0.25) is 14.6 Å². The zero-order valence-electron chi connectivity index (χ0n) is 17.6. The van der Waals surface area contributed by atoms with Gasteiger partial charge in [-0.2, -0.15) is 0 Å². The molecule has 0 atom stereocenters. The van der Waals surface area contributed by atoms with Crippen molar-refractivity contribution in [1.29, 1.82) is 0 Å². The standard InChI is InChI=1S/C25H21N3O4/c1-26-25(30)21-15-19(12-13-27-21)32-22-11-10-16-6-3-4-9-20(16)23(22)28-24(29)17-7-5-8-18(14-17)31-2/h3-15H,1-2H3,(H,26,30)(H,28,29). The van der Waals surface area contributed by atoms with Crippen LogP contribution in [0.4, 0.5) is 5.69 Å². The summed E-state index contributed by atoms with van der Waals surface area (Å²) in [6.07, 6.45) is 1.50. The normalized spacial score (nSPS) is 10.4. The van der Waals surface area contributed by atoms with Crippen LogP contribution in [0.3, 0.4) is 0 Å². The van der Waals surface area contributed by atoms with Crippen LogP contribution in [0.5, 0.6) is 17.2 Å². The van der Waals surface area contributed by atoms with E-state index in [2.05, 4.69) is 15.6 Å². The fourth-order valence-electron chi connectivity index (χ4n) is 3.27. The molecule has 4 aromatic rings. The van der Waals surface area contributed by atoms with Gasteiger partial charge in [0.05, 0.1) is 12.8 Å². The van der Waals surface area contributed by atoms with Crippen molar-refractivity contribution in [1.82, 2.24) is 10.3 Å². The highest BCUT2D eigenvalue weighted by molar-refractivity contribution is 6.11. The molecule has 7 heteroatoms. The predicted molar refractivity (Wildman–Crippen MR) is 123 cm³/mol. The Morgan fingerprint density at radius 1 is 0.875 bits per heavy atom. The highest BCUT2D eigenvalue weighted by atomic mass is 16.5. The zero-order valence-corrected chi connectivity index (χ0v) is 17.6. The van der Waals surface area contributed by atoms with Crippen molar-refractivity contribution in [3.05, 3.63) is 90.3 Å². The Kier molecular flexibility index (Phi) is 5.98. The Bertz CT molecular complexity index is 1300. The average molecular weight is 427 g/mol. The fraction of sp³-hybridized carbons (Fsp3) is 0.0800. The Balaban J connectivity index is 1.73. The highest BCUT2D eigenvalue weighted by Gasteiger charge is 2.16. The molecule has 0 fully saturated rings. The molecule has 0 saturated carbocycles. The first-order valence-corrected chi connectivity index (χ1v) is 9.92. The van der Waals surface area contributed by atoms with Gasteiger partial charge >= 0.3 is 0 Å². The number of benzene rings is 3. The van der Waals surface area contributed by atoms with E-state index in [1.807, 2.05) is 30.3 Å². The third kappa shape index (κ3) is 4.37. The molecule has 7 nitrogen and oxygen atoms in total. The van der Waals surface area contributed by atoms with Crippen LogP contribution in [0.15, 0.2) is 79.0 Å². The van der Waals surface area contributed by atoms with Gasteiger partial charge in [-0.15, -0.1) is 0 Å². The van der Waals surface area contributed by atoms with E-state index in [4.69, 9.17) is 9.47 Å². The van der Waals surface area contributed by atoms with Crippen molar-refractivity contribution < 1.29 is 19.1 Å². The second kappa shape index (κ2) is 9.18. The maximum absolute atomic E-state index is 13.0. The summed E-state index contributed by atoms with van der Waals surface area (Å²) in [5.74, 6) is 0.830. The molecule has 32 heavy (non-hydrogen) atoms. The summed E-state index contributed by atoms with van der Waals surface area (Å²) in [4.78, 5) is 29.0. The smallest absolute Gasteiger partial charge is 0.269 e. The van der Waals surface area contributed by atoms with Gasteiger partial charge in [0.1, 0.15) is 17.2 Å². The van der Waals surface area contributed by atoms with E-state index in [0.29, 0.717) is 28.5 Å². The quantitative estimate of drug-likeness (QED) is 0.468. The lowest BCUT2D eigenvalue weighted by Crippen LogP contribution is -2.19. The second-order valence-electron chi connectivity index (χ2n) is 6.90. The first-order valence-electron chi connectivity index (χ1n) is 9.92. The molecule has 0 aliphatic rings. The lowest BCUT2D eigenvalue weighted by Gasteiger charge is -2.15. The van der Waals surface area contributed by atoms with E-state index >= 15 is 0 Å². The Morgan fingerprint density at radius 3 is 2.53 bits per heavy atom. The molecule has 0 aliphatic carbocycles. The van der Waals surface area contributed by atoms with Crippen molar-refractivity contribution in [2.24, 2.45) is 0 Å². The Labute approximate surface area is 185 Å². The van der Waals surface area contributed by atoms with E-state index in [0.717, 1.165) is 10.8 Å². The van der Waals surface area contributed by atoms with Crippen LogP contribution in [-0.2, 0) is 0 Å². The molecule has 0 spiro atoms. The number of methoxy groups -OCH3 is 1. The van der Waals surface area contributed by atoms with E-state index in [-0.39, 0.29) is 17.5 Å². The molecule has 0 saturated heterocycles. The number of pyridine rings is 1. The van der Waals surface area contributed by atoms with Crippen molar-refractivity contribution in [3.63, 3.8) is 0 Å². The molecule has 4 rings (SSSR count). The first kappa shape index (κ1) is 20.9. The van der Waals surface area contributed by atoms with Crippen LogP contribution in [0, 0.1) is 0 Å². The number of anilines is 1. The average Bonchev–Trinajstić information content (AvgIpc) is 2.85.